The molecular formula is C21H25N3O3. The highest BCUT2D eigenvalue weighted by molar-refractivity contribution is 6.01. The lowest BCUT2D eigenvalue weighted by molar-refractivity contribution is 0.0655. The van der Waals surface area contributed by atoms with Gasteiger partial charge in [0.05, 0.1) is 11.7 Å². The number of hydrogen-bond acceptors (Lipinski definition) is 4. The van der Waals surface area contributed by atoms with E-state index in [1.807, 2.05) is 35.5 Å². The molecule has 2 atom stereocenters. The highest BCUT2D eigenvalue weighted by Gasteiger charge is 2.33. The Labute approximate surface area is 159 Å². The third-order valence-corrected chi connectivity index (χ3v) is 5.95. The molecule has 3 aliphatic rings. The van der Waals surface area contributed by atoms with Gasteiger partial charge in [-0.2, -0.15) is 0 Å². The number of imidazole rings is 1. The zero-order valence-corrected chi connectivity index (χ0v) is 15.5. The quantitative estimate of drug-likeness (QED) is 0.815. The predicted octanol–water partition coefficient (Wildman–Crippen LogP) is 2.66. The van der Waals surface area contributed by atoms with Crippen molar-refractivity contribution in [2.45, 2.75) is 44.9 Å². The summed E-state index contributed by atoms with van der Waals surface area (Å²) in [7, 11) is 0. The Hall–Kier alpha value is -2.34. The van der Waals surface area contributed by atoms with Crippen molar-refractivity contribution in [1.82, 2.24) is 14.5 Å². The minimum absolute atomic E-state index is 0.0989. The molecule has 1 fully saturated rings. The highest BCUT2D eigenvalue weighted by Crippen LogP contribution is 2.33. The fourth-order valence-electron chi connectivity index (χ4n) is 4.50. The number of ether oxygens (including phenoxy) is 2. The molecule has 1 amide bonds. The fraction of sp³-hybridized carbons (Fsp3) is 0.524. The van der Waals surface area contributed by atoms with Crippen molar-refractivity contribution in [2.24, 2.45) is 5.92 Å². The molecule has 4 heterocycles. The third kappa shape index (κ3) is 3.23. The van der Waals surface area contributed by atoms with Crippen LogP contribution in [0.2, 0.25) is 0 Å². The van der Waals surface area contributed by atoms with Crippen molar-refractivity contribution in [3.8, 4) is 5.75 Å². The Morgan fingerprint density at radius 3 is 3.15 bits per heavy atom. The summed E-state index contributed by atoms with van der Waals surface area (Å²) >= 11 is 0. The zero-order chi connectivity index (χ0) is 18.2. The molecule has 6 nitrogen and oxygen atoms in total. The molecule has 0 aliphatic carbocycles. The Morgan fingerprint density at radius 2 is 2.26 bits per heavy atom. The number of hydrogen-bond donors (Lipinski definition) is 0. The summed E-state index contributed by atoms with van der Waals surface area (Å²) < 4.78 is 13.8. The summed E-state index contributed by atoms with van der Waals surface area (Å²) in [5.41, 5.74) is 1.81. The van der Waals surface area contributed by atoms with Gasteiger partial charge in [-0.15, -0.1) is 0 Å². The van der Waals surface area contributed by atoms with E-state index in [1.54, 1.807) is 0 Å². The van der Waals surface area contributed by atoms with Crippen LogP contribution in [0.4, 0.5) is 0 Å². The standard InChI is InChI=1S/C21H25N3O3/c25-21-20-16(3-1-5-18(20)27-14-17-4-2-10-26-17)13-24(21)12-15-6-8-23-9-7-22-19(23)11-15/h1,3,5,7,9,15,17H,2,4,6,8,10-14H2. The van der Waals surface area contributed by atoms with Gasteiger partial charge in [0.25, 0.3) is 5.91 Å². The maximum atomic E-state index is 13.1. The van der Waals surface area contributed by atoms with E-state index in [2.05, 4.69) is 9.55 Å². The summed E-state index contributed by atoms with van der Waals surface area (Å²) in [4.78, 5) is 19.5. The van der Waals surface area contributed by atoms with Gasteiger partial charge >= 0.3 is 0 Å². The molecule has 2 unspecified atom stereocenters. The van der Waals surface area contributed by atoms with Crippen molar-refractivity contribution in [3.63, 3.8) is 0 Å². The van der Waals surface area contributed by atoms with Crippen LogP contribution in [0, 0.1) is 5.92 Å². The molecule has 0 spiro atoms. The molecule has 0 saturated carbocycles. The van der Waals surface area contributed by atoms with E-state index in [9.17, 15) is 4.79 Å². The second kappa shape index (κ2) is 7.00. The highest BCUT2D eigenvalue weighted by atomic mass is 16.5. The lowest BCUT2D eigenvalue weighted by Crippen LogP contribution is -2.33. The molecule has 27 heavy (non-hydrogen) atoms. The molecule has 5 rings (SSSR count). The molecular weight excluding hydrogens is 342 g/mol. The van der Waals surface area contributed by atoms with Gasteiger partial charge < -0.3 is 18.9 Å². The second-order valence-electron chi connectivity index (χ2n) is 7.82. The van der Waals surface area contributed by atoms with Crippen molar-refractivity contribution in [2.75, 3.05) is 19.8 Å². The zero-order valence-electron chi connectivity index (χ0n) is 15.5. The van der Waals surface area contributed by atoms with Gasteiger partial charge in [-0.1, -0.05) is 12.1 Å². The van der Waals surface area contributed by atoms with Crippen LogP contribution in [0.5, 0.6) is 5.75 Å². The maximum Gasteiger partial charge on any atom is 0.258 e. The largest absolute Gasteiger partial charge is 0.490 e. The molecule has 6 heteroatoms. The number of rotatable bonds is 5. The molecule has 2 aromatic rings. The number of nitrogens with zero attached hydrogens (tertiary/aromatic N) is 3. The molecule has 1 aromatic heterocycles. The minimum atomic E-state index is 0.0989. The van der Waals surface area contributed by atoms with Crippen LogP contribution in [0.15, 0.2) is 30.6 Å². The van der Waals surface area contributed by atoms with Crippen LogP contribution in [-0.2, 0) is 24.2 Å². The monoisotopic (exact) mass is 367 g/mol. The molecule has 3 aliphatic heterocycles. The first-order chi connectivity index (χ1) is 13.3. The van der Waals surface area contributed by atoms with Crippen LogP contribution in [0.25, 0.3) is 0 Å². The lowest BCUT2D eigenvalue weighted by atomic mass is 9.97. The van der Waals surface area contributed by atoms with Crippen LogP contribution in [0.1, 0.15) is 41.0 Å². The van der Waals surface area contributed by atoms with Crippen molar-refractivity contribution < 1.29 is 14.3 Å². The van der Waals surface area contributed by atoms with E-state index < -0.39 is 0 Å². The summed E-state index contributed by atoms with van der Waals surface area (Å²) in [5.74, 6) is 2.40. The van der Waals surface area contributed by atoms with Gasteiger partial charge in [0, 0.05) is 45.1 Å². The van der Waals surface area contributed by atoms with Crippen LogP contribution >= 0.6 is 0 Å². The third-order valence-electron chi connectivity index (χ3n) is 5.95. The second-order valence-corrected chi connectivity index (χ2v) is 7.82. The van der Waals surface area contributed by atoms with Gasteiger partial charge in [0.15, 0.2) is 0 Å². The normalized spacial score (nSPS) is 24.1. The van der Waals surface area contributed by atoms with Crippen LogP contribution < -0.4 is 4.74 Å². The van der Waals surface area contributed by atoms with E-state index in [0.717, 1.165) is 62.3 Å². The van der Waals surface area contributed by atoms with Crippen LogP contribution in [0.3, 0.4) is 0 Å². The van der Waals surface area contributed by atoms with Crippen molar-refractivity contribution in [3.05, 3.63) is 47.5 Å². The number of fused-ring (bicyclic) bond motifs is 2. The van der Waals surface area contributed by atoms with Crippen LogP contribution in [-0.4, -0.2) is 46.2 Å². The number of aryl methyl sites for hydroxylation is 1. The van der Waals surface area contributed by atoms with Gasteiger partial charge in [-0.05, 0) is 36.8 Å². The predicted molar refractivity (Wildman–Crippen MR) is 99.7 cm³/mol. The summed E-state index contributed by atoms with van der Waals surface area (Å²) in [5, 5.41) is 0. The average molecular weight is 367 g/mol. The molecule has 0 radical (unpaired) electrons. The Kier molecular flexibility index (Phi) is 4.36. The summed E-state index contributed by atoms with van der Waals surface area (Å²) in [6.45, 7) is 3.79. The van der Waals surface area contributed by atoms with E-state index in [1.165, 1.54) is 0 Å². The van der Waals surface area contributed by atoms with E-state index in [-0.39, 0.29) is 12.0 Å². The Morgan fingerprint density at radius 1 is 1.30 bits per heavy atom. The van der Waals surface area contributed by atoms with E-state index >= 15 is 0 Å². The number of aromatic nitrogens is 2. The molecule has 1 saturated heterocycles. The van der Waals surface area contributed by atoms with Crippen molar-refractivity contribution >= 4 is 5.91 Å². The summed E-state index contributed by atoms with van der Waals surface area (Å²) in [6.07, 6.45) is 8.22. The van der Waals surface area contributed by atoms with E-state index in [4.69, 9.17) is 9.47 Å². The topological polar surface area (TPSA) is 56.6 Å². The van der Waals surface area contributed by atoms with E-state index in [0.29, 0.717) is 24.8 Å². The molecule has 142 valence electrons. The minimum Gasteiger partial charge on any atom is -0.490 e. The Balaban J connectivity index is 1.27. The summed E-state index contributed by atoms with van der Waals surface area (Å²) in [6, 6.07) is 5.93. The number of carbonyl (C=O) groups is 1. The fourth-order valence-corrected chi connectivity index (χ4v) is 4.50. The molecule has 1 aromatic carbocycles. The van der Waals surface area contributed by atoms with Gasteiger partial charge in [-0.3, -0.25) is 4.79 Å². The number of carbonyl (C=O) groups excluding carboxylic acids is 1. The maximum absolute atomic E-state index is 13.1. The molecule has 0 N–H and O–H groups in total. The van der Waals surface area contributed by atoms with Crippen molar-refractivity contribution in [1.29, 1.82) is 0 Å². The molecule has 0 bridgehead atoms. The SMILES string of the molecule is O=C1c2c(cccc2OCC2CCCO2)CN1CC1CCn2ccnc2C1. The first-order valence-corrected chi connectivity index (χ1v) is 9.93. The van der Waals surface area contributed by atoms with Gasteiger partial charge in [0.1, 0.15) is 18.2 Å². The van der Waals surface area contributed by atoms with Gasteiger partial charge in [0.2, 0.25) is 0 Å². The Bertz CT molecular complexity index is 841. The average Bonchev–Trinajstić information content (AvgIpc) is 3.41. The number of amides is 1. The lowest BCUT2D eigenvalue weighted by Gasteiger charge is -2.27. The number of benzene rings is 1. The first-order valence-electron chi connectivity index (χ1n) is 9.93. The smallest absolute Gasteiger partial charge is 0.258 e. The van der Waals surface area contributed by atoms with Gasteiger partial charge in [-0.25, -0.2) is 4.98 Å². The first kappa shape index (κ1) is 16.8.